The molecule has 1 aliphatic rings. The Hall–Kier alpha value is -1.37. The van der Waals surface area contributed by atoms with E-state index in [4.69, 9.17) is 10.3 Å². The molecule has 1 fully saturated rings. The highest BCUT2D eigenvalue weighted by Crippen LogP contribution is 2.14. The highest BCUT2D eigenvalue weighted by molar-refractivity contribution is 5.90. The summed E-state index contributed by atoms with van der Waals surface area (Å²) in [6.07, 6.45) is 0. The number of carbonyl (C=O) groups excluding carboxylic acids is 1. The minimum absolute atomic E-state index is 0.259. The predicted octanol–water partition coefficient (Wildman–Crippen LogP) is 0.0190. The lowest BCUT2D eigenvalue weighted by molar-refractivity contribution is 0.0887. The molecule has 1 aliphatic heterocycles. The third-order valence-electron chi connectivity index (χ3n) is 3.44. The number of hydrazine groups is 1. The molecule has 0 saturated carbocycles. The van der Waals surface area contributed by atoms with E-state index in [0.29, 0.717) is 6.04 Å². The van der Waals surface area contributed by atoms with Crippen molar-refractivity contribution < 1.29 is 9.21 Å². The van der Waals surface area contributed by atoms with Crippen molar-refractivity contribution in [3.05, 3.63) is 23.7 Å². The fourth-order valence-corrected chi connectivity index (χ4v) is 2.14. The third-order valence-corrected chi connectivity index (χ3v) is 3.44. The number of nitrogens with zero attached hydrogens (tertiary/aromatic N) is 2. The van der Waals surface area contributed by atoms with Gasteiger partial charge in [-0.1, -0.05) is 0 Å². The summed E-state index contributed by atoms with van der Waals surface area (Å²) in [4.78, 5) is 15.9. The Kier molecular flexibility index (Phi) is 4.00. The molecule has 6 heteroatoms. The molecule has 1 aromatic heterocycles. The van der Waals surface area contributed by atoms with E-state index in [2.05, 4.69) is 29.2 Å². The summed E-state index contributed by atoms with van der Waals surface area (Å²) >= 11 is 0. The molecular formula is C12H20N4O2. The van der Waals surface area contributed by atoms with Gasteiger partial charge in [0.2, 0.25) is 0 Å². The van der Waals surface area contributed by atoms with Crippen LogP contribution in [-0.4, -0.2) is 48.4 Å². The molecule has 0 bridgehead atoms. The summed E-state index contributed by atoms with van der Waals surface area (Å²) in [5.74, 6) is 5.72. The second-order valence-corrected chi connectivity index (χ2v) is 4.80. The van der Waals surface area contributed by atoms with Crippen molar-refractivity contribution in [3.63, 3.8) is 0 Å². The molecule has 1 unspecified atom stereocenters. The molecule has 0 aliphatic carbocycles. The second-order valence-electron chi connectivity index (χ2n) is 4.80. The van der Waals surface area contributed by atoms with Crippen molar-refractivity contribution in [2.75, 3.05) is 26.7 Å². The maximum atomic E-state index is 11.3. The zero-order valence-electron chi connectivity index (χ0n) is 10.8. The zero-order valence-corrected chi connectivity index (χ0v) is 10.8. The van der Waals surface area contributed by atoms with Gasteiger partial charge in [-0.25, -0.2) is 5.84 Å². The van der Waals surface area contributed by atoms with Crippen LogP contribution in [0.25, 0.3) is 0 Å². The van der Waals surface area contributed by atoms with E-state index in [1.54, 1.807) is 6.07 Å². The lowest BCUT2D eigenvalue weighted by Gasteiger charge is -2.37. The normalized spacial score (nSPS) is 22.1. The van der Waals surface area contributed by atoms with Crippen LogP contribution in [0.2, 0.25) is 0 Å². The summed E-state index contributed by atoms with van der Waals surface area (Å²) in [6, 6.07) is 4.02. The van der Waals surface area contributed by atoms with Gasteiger partial charge in [-0.3, -0.25) is 15.1 Å². The molecule has 1 atom stereocenters. The van der Waals surface area contributed by atoms with Crippen LogP contribution in [0.15, 0.2) is 16.5 Å². The Morgan fingerprint density at radius 3 is 3.00 bits per heavy atom. The summed E-state index contributed by atoms with van der Waals surface area (Å²) in [5.41, 5.74) is 2.06. The first kappa shape index (κ1) is 13.1. The summed E-state index contributed by atoms with van der Waals surface area (Å²) in [5, 5.41) is 0. The van der Waals surface area contributed by atoms with Crippen LogP contribution in [0.5, 0.6) is 0 Å². The molecule has 1 amide bonds. The first-order valence-corrected chi connectivity index (χ1v) is 6.12. The van der Waals surface area contributed by atoms with Crippen LogP contribution in [-0.2, 0) is 6.54 Å². The van der Waals surface area contributed by atoms with Gasteiger partial charge in [0.05, 0.1) is 6.54 Å². The molecule has 1 aromatic rings. The van der Waals surface area contributed by atoms with E-state index in [1.165, 1.54) is 0 Å². The van der Waals surface area contributed by atoms with Gasteiger partial charge in [-0.15, -0.1) is 0 Å². The van der Waals surface area contributed by atoms with Crippen LogP contribution in [0.4, 0.5) is 0 Å². The predicted molar refractivity (Wildman–Crippen MR) is 67.7 cm³/mol. The number of hydrogen-bond acceptors (Lipinski definition) is 5. The molecule has 100 valence electrons. The van der Waals surface area contributed by atoms with E-state index in [0.717, 1.165) is 31.9 Å². The van der Waals surface area contributed by atoms with Gasteiger partial charge in [0.15, 0.2) is 5.76 Å². The zero-order chi connectivity index (χ0) is 13.1. The molecular weight excluding hydrogens is 232 g/mol. The van der Waals surface area contributed by atoms with Crippen molar-refractivity contribution >= 4 is 5.91 Å². The van der Waals surface area contributed by atoms with E-state index in [1.807, 2.05) is 6.07 Å². The molecule has 0 radical (unpaired) electrons. The van der Waals surface area contributed by atoms with Gasteiger partial charge in [-0.05, 0) is 26.1 Å². The highest BCUT2D eigenvalue weighted by Gasteiger charge is 2.21. The van der Waals surface area contributed by atoms with E-state index < -0.39 is 5.91 Å². The first-order valence-electron chi connectivity index (χ1n) is 6.12. The van der Waals surface area contributed by atoms with Crippen molar-refractivity contribution in [3.8, 4) is 0 Å². The number of piperazine rings is 1. The summed E-state index contributed by atoms with van der Waals surface area (Å²) < 4.78 is 5.45. The van der Waals surface area contributed by atoms with Gasteiger partial charge < -0.3 is 9.32 Å². The average molecular weight is 252 g/mol. The SMILES string of the molecule is CC1CN(Cc2ccc(C(=O)NN)o2)CCN1C. The van der Waals surface area contributed by atoms with Crippen molar-refractivity contribution in [1.29, 1.82) is 0 Å². The number of rotatable bonds is 3. The Bertz CT molecular complexity index is 418. The van der Waals surface area contributed by atoms with Crippen molar-refractivity contribution in [1.82, 2.24) is 15.2 Å². The van der Waals surface area contributed by atoms with Crippen LogP contribution < -0.4 is 11.3 Å². The van der Waals surface area contributed by atoms with Crippen LogP contribution in [0.1, 0.15) is 23.2 Å². The number of carbonyl (C=O) groups is 1. The quantitative estimate of drug-likeness (QED) is 0.450. The average Bonchev–Trinajstić information content (AvgIpc) is 2.81. The summed E-state index contributed by atoms with van der Waals surface area (Å²) in [7, 11) is 2.14. The molecule has 6 nitrogen and oxygen atoms in total. The number of amides is 1. The number of likely N-dealkylation sites (N-methyl/N-ethyl adjacent to an activating group) is 1. The lowest BCUT2D eigenvalue weighted by Crippen LogP contribution is -2.49. The Balaban J connectivity index is 1.93. The molecule has 3 N–H and O–H groups in total. The molecule has 2 rings (SSSR count). The molecule has 0 aromatic carbocycles. The fraction of sp³-hybridized carbons (Fsp3) is 0.583. The minimum atomic E-state index is -0.395. The molecule has 0 spiro atoms. The van der Waals surface area contributed by atoms with E-state index >= 15 is 0 Å². The van der Waals surface area contributed by atoms with Gasteiger partial charge in [0.25, 0.3) is 0 Å². The Labute approximate surface area is 107 Å². The van der Waals surface area contributed by atoms with E-state index in [9.17, 15) is 4.79 Å². The highest BCUT2D eigenvalue weighted by atomic mass is 16.4. The summed E-state index contributed by atoms with van der Waals surface area (Å²) in [6.45, 7) is 6.02. The van der Waals surface area contributed by atoms with Crippen LogP contribution in [0.3, 0.4) is 0 Å². The smallest absolute Gasteiger partial charge is 0.300 e. The monoisotopic (exact) mass is 252 g/mol. The lowest BCUT2D eigenvalue weighted by atomic mass is 10.2. The maximum Gasteiger partial charge on any atom is 0.300 e. The first-order chi connectivity index (χ1) is 8.60. The number of nitrogens with one attached hydrogen (secondary N) is 1. The van der Waals surface area contributed by atoms with Crippen LogP contribution in [0, 0.1) is 0 Å². The van der Waals surface area contributed by atoms with Crippen molar-refractivity contribution in [2.45, 2.75) is 19.5 Å². The molecule has 18 heavy (non-hydrogen) atoms. The van der Waals surface area contributed by atoms with Gasteiger partial charge in [-0.2, -0.15) is 0 Å². The maximum absolute atomic E-state index is 11.3. The van der Waals surface area contributed by atoms with Crippen molar-refractivity contribution in [2.24, 2.45) is 5.84 Å². The number of hydrogen-bond donors (Lipinski definition) is 2. The van der Waals surface area contributed by atoms with Gasteiger partial charge >= 0.3 is 5.91 Å². The number of furan rings is 1. The topological polar surface area (TPSA) is 74.7 Å². The fourth-order valence-electron chi connectivity index (χ4n) is 2.14. The number of nitrogen functional groups attached to an aromatic ring is 1. The van der Waals surface area contributed by atoms with E-state index in [-0.39, 0.29) is 5.76 Å². The number of nitrogens with two attached hydrogens (primary N) is 1. The third kappa shape index (κ3) is 2.90. The largest absolute Gasteiger partial charge is 0.455 e. The van der Waals surface area contributed by atoms with Gasteiger partial charge in [0.1, 0.15) is 5.76 Å². The molecule has 1 saturated heterocycles. The van der Waals surface area contributed by atoms with Crippen LogP contribution >= 0.6 is 0 Å². The Morgan fingerprint density at radius 1 is 1.56 bits per heavy atom. The molecule has 2 heterocycles. The Morgan fingerprint density at radius 2 is 2.33 bits per heavy atom. The van der Waals surface area contributed by atoms with Gasteiger partial charge in [0, 0.05) is 25.7 Å². The standard InChI is InChI=1S/C12H20N4O2/c1-9-7-16(6-5-15(9)2)8-10-3-4-11(18-10)12(17)14-13/h3-4,9H,5-8,13H2,1-2H3,(H,14,17). The second kappa shape index (κ2) is 5.51. The minimum Gasteiger partial charge on any atom is -0.455 e.